The number of carbonyl (C=O) groups is 1. The molecule has 0 spiro atoms. The lowest BCUT2D eigenvalue weighted by molar-refractivity contribution is 0.0996. The van der Waals surface area contributed by atoms with Crippen LogP contribution in [-0.4, -0.2) is 9.58 Å². The first-order chi connectivity index (χ1) is 5.91. The molecule has 0 bridgehead atoms. The predicted octanol–water partition coefficient (Wildman–Crippen LogP) is 4.00. The second-order valence-corrected chi connectivity index (χ2v) is 5.53. The molecule has 1 nitrogen and oxygen atoms in total. The maximum atomic E-state index is 11.4. The first kappa shape index (κ1) is 11.3. The molecule has 0 N–H and O–H groups in total. The molecule has 0 heterocycles. The summed E-state index contributed by atoms with van der Waals surface area (Å²) in [5, 5.41) is 0. The molecule has 0 saturated carbocycles. The van der Waals surface area contributed by atoms with Crippen LogP contribution in [0.4, 0.5) is 0 Å². The third-order valence-electron chi connectivity index (χ3n) is 1.34. The molecule has 0 unspecified atom stereocenters. The smallest absolute Gasteiger partial charge is 0.253 e. The third-order valence-corrected chi connectivity index (χ3v) is 2.35. The van der Waals surface area contributed by atoms with E-state index in [-0.39, 0.29) is 0 Å². The molecule has 1 rings (SSSR count). The standard InChI is InChI=1S/C8H4BrCl3O/c9-6-3-1-2-5(4-6)7(13)8(10,11)12/h1-4H. The van der Waals surface area contributed by atoms with Gasteiger partial charge in [-0.2, -0.15) is 0 Å². The molecule has 0 aliphatic carbocycles. The molecule has 0 amide bonds. The number of benzene rings is 1. The Labute approximate surface area is 99.1 Å². The van der Waals surface area contributed by atoms with Crippen molar-refractivity contribution in [2.24, 2.45) is 0 Å². The molecule has 1 aromatic rings. The number of rotatable bonds is 1. The largest absolute Gasteiger partial charge is 0.289 e. The van der Waals surface area contributed by atoms with E-state index in [0.717, 1.165) is 4.47 Å². The summed E-state index contributed by atoms with van der Waals surface area (Å²) >= 11 is 19.5. The number of hydrogen-bond acceptors (Lipinski definition) is 1. The molecule has 0 atom stereocenters. The molecule has 0 aliphatic heterocycles. The molecule has 0 aromatic heterocycles. The Morgan fingerprint density at radius 1 is 1.31 bits per heavy atom. The number of alkyl halides is 3. The van der Waals surface area contributed by atoms with Crippen LogP contribution < -0.4 is 0 Å². The second kappa shape index (κ2) is 4.18. The van der Waals surface area contributed by atoms with E-state index in [4.69, 9.17) is 34.8 Å². The van der Waals surface area contributed by atoms with Gasteiger partial charge in [0.15, 0.2) is 0 Å². The van der Waals surface area contributed by atoms with Gasteiger partial charge in [-0.3, -0.25) is 4.79 Å². The molecule has 70 valence electrons. The monoisotopic (exact) mass is 300 g/mol. The van der Waals surface area contributed by atoms with Gasteiger partial charge in [0.1, 0.15) is 0 Å². The average Bonchev–Trinajstić information content (AvgIpc) is 2.01. The van der Waals surface area contributed by atoms with E-state index < -0.39 is 9.58 Å². The van der Waals surface area contributed by atoms with Crippen LogP contribution in [0.2, 0.25) is 0 Å². The summed E-state index contributed by atoms with van der Waals surface area (Å²) < 4.78 is -1.12. The van der Waals surface area contributed by atoms with Crippen LogP contribution in [0.5, 0.6) is 0 Å². The number of Topliss-reactive ketones (excluding diaryl/α,β-unsaturated/α-hetero) is 1. The summed E-state index contributed by atoms with van der Waals surface area (Å²) in [6.45, 7) is 0. The summed E-state index contributed by atoms with van der Waals surface area (Å²) in [5.41, 5.74) is 0.370. The number of halogens is 4. The quantitative estimate of drug-likeness (QED) is 0.566. The van der Waals surface area contributed by atoms with Gasteiger partial charge in [-0.25, -0.2) is 0 Å². The van der Waals surface area contributed by atoms with Gasteiger partial charge in [-0.15, -0.1) is 0 Å². The minimum absolute atomic E-state index is 0.370. The molecule has 0 saturated heterocycles. The van der Waals surface area contributed by atoms with Gasteiger partial charge in [-0.1, -0.05) is 62.9 Å². The maximum Gasteiger partial charge on any atom is 0.253 e. The molecule has 1 aromatic carbocycles. The summed E-state index contributed by atoms with van der Waals surface area (Å²) in [6, 6.07) is 6.68. The van der Waals surface area contributed by atoms with Crippen LogP contribution in [0.15, 0.2) is 28.7 Å². The first-order valence-corrected chi connectivity index (χ1v) is 5.21. The topological polar surface area (TPSA) is 17.1 Å². The third kappa shape index (κ3) is 3.13. The van der Waals surface area contributed by atoms with Crippen LogP contribution >= 0.6 is 50.7 Å². The lowest BCUT2D eigenvalue weighted by Gasteiger charge is -2.08. The van der Waals surface area contributed by atoms with Crippen molar-refractivity contribution < 1.29 is 4.79 Å². The van der Waals surface area contributed by atoms with E-state index in [1.165, 1.54) is 0 Å². The van der Waals surface area contributed by atoms with Crippen LogP contribution in [0.1, 0.15) is 10.4 Å². The number of carbonyl (C=O) groups excluding carboxylic acids is 1. The molecule has 0 radical (unpaired) electrons. The van der Waals surface area contributed by atoms with E-state index in [2.05, 4.69) is 15.9 Å². The lowest BCUT2D eigenvalue weighted by Crippen LogP contribution is -2.18. The van der Waals surface area contributed by atoms with Gasteiger partial charge in [0.25, 0.3) is 3.79 Å². The Morgan fingerprint density at radius 2 is 1.92 bits per heavy atom. The van der Waals surface area contributed by atoms with Crippen LogP contribution in [-0.2, 0) is 0 Å². The number of hydrogen-bond donors (Lipinski definition) is 0. The van der Waals surface area contributed by atoms with Crippen molar-refractivity contribution >= 4 is 56.5 Å². The van der Waals surface area contributed by atoms with Crippen LogP contribution in [0, 0.1) is 0 Å². The molecule has 13 heavy (non-hydrogen) atoms. The summed E-state index contributed by atoms with van der Waals surface area (Å²) in [5.74, 6) is -0.529. The van der Waals surface area contributed by atoms with Crippen molar-refractivity contribution in [1.82, 2.24) is 0 Å². The van der Waals surface area contributed by atoms with Crippen molar-refractivity contribution in [2.45, 2.75) is 3.79 Å². The molecular formula is C8H4BrCl3O. The lowest BCUT2D eigenvalue weighted by atomic mass is 10.1. The Kier molecular flexibility index (Phi) is 3.64. The van der Waals surface area contributed by atoms with Gasteiger partial charge in [0, 0.05) is 10.0 Å². The summed E-state index contributed by atoms with van der Waals surface area (Å²) in [7, 11) is 0. The fourth-order valence-electron chi connectivity index (χ4n) is 0.793. The predicted molar refractivity (Wildman–Crippen MR) is 58.8 cm³/mol. The highest BCUT2D eigenvalue weighted by molar-refractivity contribution is 9.10. The van der Waals surface area contributed by atoms with E-state index >= 15 is 0 Å². The Balaban J connectivity index is 3.03. The highest BCUT2D eigenvalue weighted by Crippen LogP contribution is 2.30. The fourth-order valence-corrected chi connectivity index (χ4v) is 1.52. The highest BCUT2D eigenvalue weighted by Gasteiger charge is 2.31. The highest BCUT2D eigenvalue weighted by atomic mass is 79.9. The van der Waals surface area contributed by atoms with Crippen molar-refractivity contribution in [3.63, 3.8) is 0 Å². The van der Waals surface area contributed by atoms with Crippen molar-refractivity contribution in [3.8, 4) is 0 Å². The molecule has 5 heteroatoms. The zero-order valence-electron chi connectivity index (χ0n) is 6.23. The van der Waals surface area contributed by atoms with Gasteiger partial charge in [0.2, 0.25) is 5.78 Å². The summed E-state index contributed by atoms with van der Waals surface area (Å²) in [4.78, 5) is 11.4. The maximum absolute atomic E-state index is 11.4. The SMILES string of the molecule is O=C(c1cccc(Br)c1)C(Cl)(Cl)Cl. The Bertz CT molecular complexity index is 332. The van der Waals surface area contributed by atoms with Crippen molar-refractivity contribution in [3.05, 3.63) is 34.3 Å². The van der Waals surface area contributed by atoms with Gasteiger partial charge >= 0.3 is 0 Å². The van der Waals surface area contributed by atoms with E-state index in [1.54, 1.807) is 24.3 Å². The van der Waals surface area contributed by atoms with Crippen LogP contribution in [0.25, 0.3) is 0 Å². The molecule has 0 fully saturated rings. The van der Waals surface area contributed by atoms with Gasteiger partial charge < -0.3 is 0 Å². The molecule has 0 aliphatic rings. The minimum Gasteiger partial charge on any atom is -0.289 e. The summed E-state index contributed by atoms with van der Waals surface area (Å²) in [6.07, 6.45) is 0. The normalized spacial score (nSPS) is 11.4. The van der Waals surface area contributed by atoms with E-state index in [9.17, 15) is 4.79 Å². The fraction of sp³-hybridized carbons (Fsp3) is 0.125. The van der Waals surface area contributed by atoms with Crippen molar-refractivity contribution in [1.29, 1.82) is 0 Å². The van der Waals surface area contributed by atoms with Crippen molar-refractivity contribution in [2.75, 3.05) is 0 Å². The minimum atomic E-state index is -1.89. The molecular weight excluding hydrogens is 298 g/mol. The van der Waals surface area contributed by atoms with Gasteiger partial charge in [0.05, 0.1) is 0 Å². The van der Waals surface area contributed by atoms with Crippen LogP contribution in [0.3, 0.4) is 0 Å². The van der Waals surface area contributed by atoms with Gasteiger partial charge in [-0.05, 0) is 12.1 Å². The Morgan fingerprint density at radius 3 is 2.38 bits per heavy atom. The van der Waals surface area contributed by atoms with E-state index in [0.29, 0.717) is 5.56 Å². The second-order valence-electron chi connectivity index (χ2n) is 2.34. The first-order valence-electron chi connectivity index (χ1n) is 3.28. The zero-order chi connectivity index (χ0) is 10.1. The average molecular weight is 302 g/mol. The Hall–Kier alpha value is 0.240. The van der Waals surface area contributed by atoms with E-state index in [1.807, 2.05) is 0 Å². The zero-order valence-corrected chi connectivity index (χ0v) is 10.1. The number of ketones is 1.